The Labute approximate surface area is 128 Å². The summed E-state index contributed by atoms with van der Waals surface area (Å²) in [5.74, 6) is 0. The molecule has 0 saturated heterocycles. The topological polar surface area (TPSA) is 12.9 Å². The number of aryl methyl sites for hydroxylation is 2. The highest BCUT2D eigenvalue weighted by atomic mass is 79.9. The van der Waals surface area contributed by atoms with Crippen LogP contribution in [0.15, 0.2) is 42.7 Å². The number of alkyl halides is 1. The maximum Gasteiger partial charge on any atom is 0.0621 e. The van der Waals surface area contributed by atoms with Gasteiger partial charge < -0.3 is 0 Å². The first-order valence-corrected chi connectivity index (χ1v) is 7.72. The van der Waals surface area contributed by atoms with Crippen LogP contribution < -0.4 is 0 Å². The van der Waals surface area contributed by atoms with Gasteiger partial charge in [0, 0.05) is 17.2 Å². The Hall–Kier alpha value is -0.860. The molecule has 1 aromatic carbocycles. The minimum absolute atomic E-state index is 0.438. The normalized spacial score (nSPS) is 12.4. The number of halogens is 2. The smallest absolute Gasteiger partial charge is 0.0621 e. The Morgan fingerprint density at radius 3 is 2.89 bits per heavy atom. The zero-order valence-electron chi connectivity index (χ0n) is 10.9. The molecule has 0 aliphatic carbocycles. The van der Waals surface area contributed by atoms with Crippen LogP contribution in [-0.2, 0) is 12.8 Å². The zero-order valence-corrected chi connectivity index (χ0v) is 13.3. The van der Waals surface area contributed by atoms with Crippen LogP contribution >= 0.6 is 27.5 Å². The van der Waals surface area contributed by atoms with Crippen LogP contribution in [0.25, 0.3) is 0 Å². The fourth-order valence-corrected chi connectivity index (χ4v) is 2.88. The van der Waals surface area contributed by atoms with E-state index in [1.807, 2.05) is 6.07 Å². The number of rotatable bonds is 5. The van der Waals surface area contributed by atoms with Crippen LogP contribution in [-0.4, -0.2) is 9.81 Å². The molecule has 1 heterocycles. The molecule has 0 saturated carbocycles. The summed E-state index contributed by atoms with van der Waals surface area (Å²) in [6, 6.07) is 10.7. The van der Waals surface area contributed by atoms with Crippen molar-refractivity contribution in [2.24, 2.45) is 0 Å². The van der Waals surface area contributed by atoms with Gasteiger partial charge in [-0.2, -0.15) is 0 Å². The van der Waals surface area contributed by atoms with Gasteiger partial charge >= 0.3 is 0 Å². The molecule has 2 rings (SSSR count). The zero-order chi connectivity index (χ0) is 13.7. The van der Waals surface area contributed by atoms with Gasteiger partial charge in [-0.3, -0.25) is 4.98 Å². The summed E-state index contributed by atoms with van der Waals surface area (Å²) in [5, 5.41) is 0.752. The third-order valence-corrected chi connectivity index (χ3v) is 4.25. The van der Waals surface area contributed by atoms with Gasteiger partial charge in [0.05, 0.1) is 5.02 Å². The third kappa shape index (κ3) is 4.63. The second-order valence-corrected chi connectivity index (χ2v) is 6.50. The van der Waals surface area contributed by atoms with Gasteiger partial charge in [-0.25, -0.2) is 0 Å². The van der Waals surface area contributed by atoms with Crippen molar-refractivity contribution in [1.82, 2.24) is 4.98 Å². The molecule has 1 unspecified atom stereocenters. The fraction of sp³-hybridized carbons (Fsp3) is 0.312. The van der Waals surface area contributed by atoms with Crippen LogP contribution in [0.3, 0.4) is 0 Å². The number of aromatic nitrogens is 1. The van der Waals surface area contributed by atoms with Crippen molar-refractivity contribution >= 4 is 27.5 Å². The average molecular weight is 339 g/mol. The molecular weight excluding hydrogens is 322 g/mol. The van der Waals surface area contributed by atoms with E-state index < -0.39 is 0 Å². The quantitative estimate of drug-likeness (QED) is 0.700. The van der Waals surface area contributed by atoms with E-state index in [2.05, 4.69) is 52.1 Å². The predicted molar refractivity (Wildman–Crippen MR) is 85.2 cm³/mol. The molecule has 19 heavy (non-hydrogen) atoms. The first kappa shape index (κ1) is 14.5. The summed E-state index contributed by atoms with van der Waals surface area (Å²) in [4.78, 5) is 4.45. The summed E-state index contributed by atoms with van der Waals surface area (Å²) < 4.78 is 0. The van der Waals surface area contributed by atoms with Crippen LogP contribution in [0, 0.1) is 6.92 Å². The van der Waals surface area contributed by atoms with E-state index in [4.69, 9.17) is 11.6 Å². The number of benzene rings is 1. The Balaban J connectivity index is 1.88. The monoisotopic (exact) mass is 337 g/mol. The van der Waals surface area contributed by atoms with Crippen molar-refractivity contribution in [3.63, 3.8) is 0 Å². The van der Waals surface area contributed by atoms with Gasteiger partial charge in [0.1, 0.15) is 0 Å². The maximum absolute atomic E-state index is 6.12. The van der Waals surface area contributed by atoms with E-state index in [0.29, 0.717) is 4.83 Å². The highest BCUT2D eigenvalue weighted by Crippen LogP contribution is 2.21. The summed E-state index contributed by atoms with van der Waals surface area (Å²) in [7, 11) is 0. The van der Waals surface area contributed by atoms with Crippen LogP contribution in [0.2, 0.25) is 5.02 Å². The molecule has 0 spiro atoms. The van der Waals surface area contributed by atoms with E-state index in [0.717, 1.165) is 29.8 Å². The van der Waals surface area contributed by atoms with Gasteiger partial charge in [-0.05, 0) is 43.4 Å². The van der Waals surface area contributed by atoms with E-state index in [1.54, 1.807) is 12.4 Å². The van der Waals surface area contributed by atoms with Crippen molar-refractivity contribution < 1.29 is 0 Å². The molecule has 1 atom stereocenters. The molecule has 0 amide bonds. The number of pyridine rings is 1. The van der Waals surface area contributed by atoms with Crippen molar-refractivity contribution in [2.75, 3.05) is 0 Å². The lowest BCUT2D eigenvalue weighted by atomic mass is 10.0. The Morgan fingerprint density at radius 1 is 1.32 bits per heavy atom. The van der Waals surface area contributed by atoms with Crippen LogP contribution in [0.4, 0.5) is 0 Å². The number of hydrogen-bond acceptors (Lipinski definition) is 1. The van der Waals surface area contributed by atoms with E-state index in [-0.39, 0.29) is 0 Å². The average Bonchev–Trinajstić information content (AvgIpc) is 2.39. The van der Waals surface area contributed by atoms with Crippen molar-refractivity contribution in [2.45, 2.75) is 31.0 Å². The lowest BCUT2D eigenvalue weighted by Gasteiger charge is -2.11. The van der Waals surface area contributed by atoms with Gasteiger partial charge in [0.15, 0.2) is 0 Å². The highest BCUT2D eigenvalue weighted by molar-refractivity contribution is 9.09. The van der Waals surface area contributed by atoms with Crippen LogP contribution in [0.1, 0.15) is 23.1 Å². The van der Waals surface area contributed by atoms with Crippen molar-refractivity contribution in [3.05, 3.63) is 64.4 Å². The second-order valence-electron chi connectivity index (χ2n) is 4.80. The van der Waals surface area contributed by atoms with Crippen molar-refractivity contribution in [1.29, 1.82) is 0 Å². The summed E-state index contributed by atoms with van der Waals surface area (Å²) in [6.07, 6.45) is 6.62. The standard InChI is InChI=1S/C16H17BrClN/c1-12-3-2-4-13(9-12)5-6-15(17)10-14-7-8-19-11-16(14)18/h2-4,7-9,11,15H,5-6,10H2,1H3. The first-order chi connectivity index (χ1) is 9.15. The minimum atomic E-state index is 0.438. The SMILES string of the molecule is Cc1cccc(CCC(Br)Cc2ccncc2Cl)c1. The van der Waals surface area contributed by atoms with E-state index in [9.17, 15) is 0 Å². The summed E-state index contributed by atoms with van der Waals surface area (Å²) >= 11 is 9.87. The molecule has 0 bridgehead atoms. The highest BCUT2D eigenvalue weighted by Gasteiger charge is 2.08. The summed E-state index contributed by atoms with van der Waals surface area (Å²) in [6.45, 7) is 2.13. The molecule has 0 aliphatic rings. The molecule has 0 fully saturated rings. The molecule has 3 heteroatoms. The molecule has 0 aliphatic heterocycles. The first-order valence-electron chi connectivity index (χ1n) is 6.43. The number of nitrogens with zero attached hydrogens (tertiary/aromatic N) is 1. The molecule has 1 nitrogen and oxygen atoms in total. The molecule has 0 radical (unpaired) electrons. The van der Waals surface area contributed by atoms with Gasteiger partial charge in [-0.1, -0.05) is 57.4 Å². The maximum atomic E-state index is 6.12. The molecule has 100 valence electrons. The fourth-order valence-electron chi connectivity index (χ4n) is 2.10. The van der Waals surface area contributed by atoms with Crippen molar-refractivity contribution in [3.8, 4) is 0 Å². The van der Waals surface area contributed by atoms with Gasteiger partial charge in [0.25, 0.3) is 0 Å². The number of hydrogen-bond donors (Lipinski definition) is 0. The Morgan fingerprint density at radius 2 is 2.16 bits per heavy atom. The van der Waals surface area contributed by atoms with E-state index in [1.165, 1.54) is 11.1 Å². The molecule has 0 N–H and O–H groups in total. The van der Waals surface area contributed by atoms with E-state index >= 15 is 0 Å². The predicted octanol–water partition coefficient (Wildman–Crippen LogP) is 4.98. The molecular formula is C16H17BrClN. The molecule has 2 aromatic rings. The van der Waals surface area contributed by atoms with Gasteiger partial charge in [0.2, 0.25) is 0 Å². The summed E-state index contributed by atoms with van der Waals surface area (Å²) in [5.41, 5.74) is 3.87. The second kappa shape index (κ2) is 7.06. The Bertz CT molecular complexity index is 542. The largest absolute Gasteiger partial charge is 0.263 e. The minimum Gasteiger partial charge on any atom is -0.263 e. The Kier molecular flexibility index (Phi) is 5.41. The lowest BCUT2D eigenvalue weighted by Crippen LogP contribution is -2.05. The molecule has 1 aromatic heterocycles. The lowest BCUT2D eigenvalue weighted by molar-refractivity contribution is 0.762. The van der Waals surface area contributed by atoms with Gasteiger partial charge in [-0.15, -0.1) is 0 Å². The van der Waals surface area contributed by atoms with Crippen LogP contribution in [0.5, 0.6) is 0 Å². The third-order valence-electron chi connectivity index (χ3n) is 3.13.